The second-order valence-electron chi connectivity index (χ2n) is 4.44. The smallest absolute Gasteiger partial charge is 0.147 e. The van der Waals surface area contributed by atoms with Crippen LogP contribution in [-0.2, 0) is 6.54 Å². The molecular formula is C16H17N3. The van der Waals surface area contributed by atoms with Crippen LogP contribution in [0.4, 0.5) is 5.82 Å². The third-order valence-corrected chi connectivity index (χ3v) is 3.03. The molecule has 3 nitrogen and oxygen atoms in total. The number of aromatic nitrogens is 1. The highest BCUT2D eigenvalue weighted by Gasteiger charge is 2.12. The summed E-state index contributed by atoms with van der Waals surface area (Å²) >= 11 is 0. The highest BCUT2D eigenvalue weighted by Crippen LogP contribution is 2.19. The van der Waals surface area contributed by atoms with Gasteiger partial charge < -0.3 is 4.90 Å². The van der Waals surface area contributed by atoms with E-state index in [9.17, 15) is 5.26 Å². The van der Waals surface area contributed by atoms with E-state index >= 15 is 0 Å². The Labute approximate surface area is 114 Å². The van der Waals surface area contributed by atoms with E-state index < -0.39 is 0 Å². The average molecular weight is 251 g/mol. The van der Waals surface area contributed by atoms with Crippen LogP contribution in [0.1, 0.15) is 23.7 Å². The predicted octanol–water partition coefficient (Wildman–Crippen LogP) is 3.29. The number of hydrogen-bond donors (Lipinski definition) is 0. The zero-order chi connectivity index (χ0) is 13.7. The summed E-state index contributed by atoms with van der Waals surface area (Å²) in [6.45, 7) is 5.61. The Morgan fingerprint density at radius 1 is 1.16 bits per heavy atom. The average Bonchev–Trinajstić information content (AvgIpc) is 2.46. The fraction of sp³-hybridized carbons (Fsp3) is 0.250. The third kappa shape index (κ3) is 3.11. The first-order chi connectivity index (χ1) is 9.24. The summed E-state index contributed by atoms with van der Waals surface area (Å²) in [6.07, 6.45) is 0. The summed E-state index contributed by atoms with van der Waals surface area (Å²) in [7, 11) is 0. The number of hydrogen-bond acceptors (Lipinski definition) is 3. The number of anilines is 1. The van der Waals surface area contributed by atoms with Gasteiger partial charge in [0.05, 0.1) is 5.56 Å². The van der Waals surface area contributed by atoms with Crippen LogP contribution in [0.2, 0.25) is 0 Å². The van der Waals surface area contributed by atoms with Gasteiger partial charge in [0.1, 0.15) is 11.9 Å². The van der Waals surface area contributed by atoms with Crippen molar-refractivity contribution < 1.29 is 0 Å². The first-order valence-corrected chi connectivity index (χ1v) is 6.41. The second-order valence-corrected chi connectivity index (χ2v) is 4.44. The van der Waals surface area contributed by atoms with Crippen LogP contribution in [-0.4, -0.2) is 11.5 Å². The van der Waals surface area contributed by atoms with Crippen molar-refractivity contribution in [3.63, 3.8) is 0 Å². The van der Waals surface area contributed by atoms with Crippen molar-refractivity contribution >= 4 is 5.82 Å². The van der Waals surface area contributed by atoms with Crippen molar-refractivity contribution in [1.29, 1.82) is 5.26 Å². The molecule has 0 N–H and O–H groups in total. The quantitative estimate of drug-likeness (QED) is 0.837. The molecule has 3 heteroatoms. The number of benzene rings is 1. The standard InChI is InChI=1S/C16H17N3/c1-3-19(12-14-7-5-4-6-8-14)16-15(11-17)10-9-13(2)18-16/h4-10H,3,12H2,1-2H3. The first-order valence-electron chi connectivity index (χ1n) is 6.41. The van der Waals surface area contributed by atoms with Gasteiger partial charge in [0, 0.05) is 18.8 Å². The van der Waals surface area contributed by atoms with Gasteiger partial charge in [-0.25, -0.2) is 4.98 Å². The maximum Gasteiger partial charge on any atom is 0.147 e. The van der Waals surface area contributed by atoms with Gasteiger partial charge in [-0.3, -0.25) is 0 Å². The molecule has 0 fully saturated rings. The van der Waals surface area contributed by atoms with E-state index in [0.29, 0.717) is 5.56 Å². The summed E-state index contributed by atoms with van der Waals surface area (Å²) < 4.78 is 0. The van der Waals surface area contributed by atoms with Crippen LogP contribution in [0, 0.1) is 18.3 Å². The normalized spacial score (nSPS) is 9.95. The maximum atomic E-state index is 9.20. The van der Waals surface area contributed by atoms with Crippen LogP contribution < -0.4 is 4.90 Å². The largest absolute Gasteiger partial charge is 0.351 e. The van der Waals surface area contributed by atoms with Gasteiger partial charge in [-0.15, -0.1) is 0 Å². The molecule has 19 heavy (non-hydrogen) atoms. The molecule has 96 valence electrons. The van der Waals surface area contributed by atoms with E-state index in [0.717, 1.165) is 24.6 Å². The molecule has 0 radical (unpaired) electrons. The van der Waals surface area contributed by atoms with Crippen molar-refractivity contribution in [2.45, 2.75) is 20.4 Å². The summed E-state index contributed by atoms with van der Waals surface area (Å²) in [5.74, 6) is 0.772. The van der Waals surface area contributed by atoms with Gasteiger partial charge in [0.15, 0.2) is 0 Å². The summed E-state index contributed by atoms with van der Waals surface area (Å²) in [4.78, 5) is 6.64. The minimum Gasteiger partial charge on any atom is -0.351 e. The van der Waals surface area contributed by atoms with E-state index in [1.165, 1.54) is 5.56 Å². The lowest BCUT2D eigenvalue weighted by Gasteiger charge is -2.23. The summed E-state index contributed by atoms with van der Waals surface area (Å²) in [5.41, 5.74) is 2.78. The highest BCUT2D eigenvalue weighted by molar-refractivity contribution is 5.54. The van der Waals surface area contributed by atoms with Crippen LogP contribution in [0.5, 0.6) is 0 Å². The molecule has 1 heterocycles. The first kappa shape index (κ1) is 13.1. The molecule has 0 bridgehead atoms. The molecule has 0 amide bonds. The lowest BCUT2D eigenvalue weighted by atomic mass is 10.2. The van der Waals surface area contributed by atoms with Crippen molar-refractivity contribution in [3.05, 3.63) is 59.3 Å². The number of nitrogens with zero attached hydrogens (tertiary/aromatic N) is 3. The van der Waals surface area contributed by atoms with Crippen LogP contribution in [0.3, 0.4) is 0 Å². The topological polar surface area (TPSA) is 39.9 Å². The lowest BCUT2D eigenvalue weighted by Crippen LogP contribution is -2.24. The molecule has 0 aliphatic heterocycles. The van der Waals surface area contributed by atoms with E-state index in [-0.39, 0.29) is 0 Å². The SMILES string of the molecule is CCN(Cc1ccccc1)c1nc(C)ccc1C#N. The van der Waals surface area contributed by atoms with Gasteiger partial charge in [-0.05, 0) is 31.5 Å². The Bertz CT molecular complexity index is 585. The Morgan fingerprint density at radius 2 is 1.89 bits per heavy atom. The summed E-state index contributed by atoms with van der Waals surface area (Å²) in [5, 5.41) is 9.20. The third-order valence-electron chi connectivity index (χ3n) is 3.03. The number of aryl methyl sites for hydroxylation is 1. The lowest BCUT2D eigenvalue weighted by molar-refractivity contribution is 0.808. The Kier molecular flexibility index (Phi) is 4.15. The van der Waals surface area contributed by atoms with Gasteiger partial charge in [-0.1, -0.05) is 30.3 Å². The van der Waals surface area contributed by atoms with Crippen molar-refractivity contribution in [3.8, 4) is 6.07 Å². The van der Waals surface area contributed by atoms with Crippen LogP contribution >= 0.6 is 0 Å². The van der Waals surface area contributed by atoms with Crippen LogP contribution in [0.15, 0.2) is 42.5 Å². The molecule has 0 aliphatic rings. The molecule has 2 aromatic rings. The second kappa shape index (κ2) is 6.01. The van der Waals surface area contributed by atoms with Crippen molar-refractivity contribution in [2.75, 3.05) is 11.4 Å². The van der Waals surface area contributed by atoms with E-state index in [1.54, 1.807) is 0 Å². The number of pyridine rings is 1. The van der Waals surface area contributed by atoms with E-state index in [4.69, 9.17) is 0 Å². The minimum atomic E-state index is 0.628. The molecule has 1 aromatic carbocycles. The summed E-state index contributed by atoms with van der Waals surface area (Å²) in [6, 6.07) is 16.2. The Balaban J connectivity index is 2.32. The molecule has 0 saturated heterocycles. The molecule has 1 aromatic heterocycles. The molecule has 0 spiro atoms. The van der Waals surface area contributed by atoms with Gasteiger partial charge >= 0.3 is 0 Å². The number of rotatable bonds is 4. The molecule has 0 unspecified atom stereocenters. The fourth-order valence-electron chi connectivity index (χ4n) is 2.01. The van der Waals surface area contributed by atoms with Gasteiger partial charge in [0.2, 0.25) is 0 Å². The van der Waals surface area contributed by atoms with Crippen LogP contribution in [0.25, 0.3) is 0 Å². The molecule has 0 aliphatic carbocycles. The monoisotopic (exact) mass is 251 g/mol. The zero-order valence-electron chi connectivity index (χ0n) is 11.3. The molecule has 2 rings (SSSR count). The predicted molar refractivity (Wildman–Crippen MR) is 76.9 cm³/mol. The molecular weight excluding hydrogens is 234 g/mol. The van der Waals surface area contributed by atoms with Crippen molar-refractivity contribution in [2.24, 2.45) is 0 Å². The van der Waals surface area contributed by atoms with Crippen molar-refractivity contribution in [1.82, 2.24) is 4.98 Å². The fourth-order valence-corrected chi connectivity index (χ4v) is 2.01. The van der Waals surface area contributed by atoms with E-state index in [2.05, 4.69) is 35.0 Å². The van der Waals surface area contributed by atoms with Gasteiger partial charge in [-0.2, -0.15) is 5.26 Å². The Morgan fingerprint density at radius 3 is 2.53 bits per heavy atom. The highest BCUT2D eigenvalue weighted by atomic mass is 15.2. The van der Waals surface area contributed by atoms with Gasteiger partial charge in [0.25, 0.3) is 0 Å². The number of nitriles is 1. The Hall–Kier alpha value is -2.34. The molecule has 0 atom stereocenters. The minimum absolute atomic E-state index is 0.628. The van der Waals surface area contributed by atoms with E-state index in [1.807, 2.05) is 37.3 Å². The maximum absolute atomic E-state index is 9.20. The molecule has 0 saturated carbocycles. The zero-order valence-corrected chi connectivity index (χ0v) is 11.3.